The molecule has 182 valence electrons. The summed E-state index contributed by atoms with van der Waals surface area (Å²) in [6, 6.07) is 8.81. The molecule has 1 aromatic heterocycles. The zero-order valence-electron chi connectivity index (χ0n) is 20.3. The molecule has 1 unspecified atom stereocenters. The van der Waals surface area contributed by atoms with Crippen LogP contribution in [0, 0.1) is 18.2 Å². The molecule has 8 heteroatoms. The number of amides is 1. The number of hydrogen-bond acceptors (Lipinski definition) is 6. The van der Waals surface area contributed by atoms with Gasteiger partial charge in [0.25, 0.3) is 0 Å². The van der Waals surface area contributed by atoms with E-state index in [2.05, 4.69) is 44.0 Å². The zero-order chi connectivity index (χ0) is 24.6. The summed E-state index contributed by atoms with van der Waals surface area (Å²) in [5.74, 6) is 0.0718. The third kappa shape index (κ3) is 4.71. The minimum absolute atomic E-state index is 0.255. The highest BCUT2D eigenvalue weighted by atomic mass is 19.1. The van der Waals surface area contributed by atoms with Gasteiger partial charge >= 0.3 is 0 Å². The van der Waals surface area contributed by atoms with Gasteiger partial charge in [-0.05, 0) is 81.7 Å². The lowest BCUT2D eigenvalue weighted by Gasteiger charge is -2.42. The highest BCUT2D eigenvalue weighted by Crippen LogP contribution is 2.42. The van der Waals surface area contributed by atoms with Gasteiger partial charge in [0.15, 0.2) is 0 Å². The molecule has 2 saturated heterocycles. The molecule has 0 radical (unpaired) electrons. The first kappa shape index (κ1) is 23.2. The number of hydrogen-bond donors (Lipinski definition) is 2. The Morgan fingerprint density at radius 2 is 2.03 bits per heavy atom. The van der Waals surface area contributed by atoms with E-state index in [9.17, 15) is 9.18 Å². The van der Waals surface area contributed by atoms with Crippen molar-refractivity contribution in [2.45, 2.75) is 26.2 Å². The maximum absolute atomic E-state index is 13.7. The summed E-state index contributed by atoms with van der Waals surface area (Å²) in [5.41, 5.74) is 4.00. The molecule has 1 amide bonds. The maximum atomic E-state index is 13.7. The summed E-state index contributed by atoms with van der Waals surface area (Å²) in [6.07, 6.45) is 6.33. The summed E-state index contributed by atoms with van der Waals surface area (Å²) in [4.78, 5) is 26.1. The van der Waals surface area contributed by atoms with Gasteiger partial charge in [0.05, 0.1) is 16.9 Å². The Kier molecular flexibility index (Phi) is 6.15. The standard InChI is InChI=1S/C27H31FN6O/c1-4-25(35)32-23-13-20-22(29-17-30-26(20)31-19-6-7-21(28)18(2)12-19)14-24(23)34-10-5-8-27(16-34)9-11-33(3)15-27/h4,6-7,12-14,17H,1,5,8-11,15-16H2,2-3H3,(H,32,35)(H,29,30,31). The van der Waals surface area contributed by atoms with Gasteiger partial charge in [-0.25, -0.2) is 14.4 Å². The predicted octanol–water partition coefficient (Wildman–Crippen LogP) is 4.87. The van der Waals surface area contributed by atoms with Crippen LogP contribution in [0.4, 0.5) is 27.3 Å². The summed E-state index contributed by atoms with van der Waals surface area (Å²) >= 11 is 0. The predicted molar refractivity (Wildman–Crippen MR) is 139 cm³/mol. The second-order valence-electron chi connectivity index (χ2n) is 9.90. The van der Waals surface area contributed by atoms with Crippen molar-refractivity contribution in [3.63, 3.8) is 0 Å². The number of likely N-dealkylation sites (tertiary alicyclic amines) is 1. The smallest absolute Gasteiger partial charge is 0.247 e. The first-order valence-electron chi connectivity index (χ1n) is 12.0. The highest BCUT2D eigenvalue weighted by molar-refractivity contribution is 6.05. The van der Waals surface area contributed by atoms with Crippen molar-refractivity contribution in [3.8, 4) is 0 Å². The van der Waals surface area contributed by atoms with Gasteiger partial charge in [-0.15, -0.1) is 0 Å². The van der Waals surface area contributed by atoms with E-state index in [1.807, 2.05) is 12.1 Å². The molecule has 0 saturated carbocycles. The Bertz CT molecular complexity index is 1290. The Hall–Kier alpha value is -3.52. The van der Waals surface area contributed by atoms with Crippen molar-refractivity contribution in [2.75, 3.05) is 48.8 Å². The van der Waals surface area contributed by atoms with Crippen LogP contribution in [0.3, 0.4) is 0 Å². The second-order valence-corrected chi connectivity index (χ2v) is 9.90. The lowest BCUT2D eigenvalue weighted by atomic mass is 9.79. The van der Waals surface area contributed by atoms with Crippen molar-refractivity contribution in [1.82, 2.24) is 14.9 Å². The van der Waals surface area contributed by atoms with Gasteiger partial charge in [0, 0.05) is 36.1 Å². The van der Waals surface area contributed by atoms with E-state index in [-0.39, 0.29) is 17.1 Å². The SMILES string of the molecule is C=CC(=O)Nc1cc2c(Nc3ccc(F)c(C)c3)ncnc2cc1N1CCCC2(CCN(C)C2)C1. The fraction of sp³-hybridized carbons (Fsp3) is 0.370. The third-order valence-electron chi connectivity index (χ3n) is 7.25. The highest BCUT2D eigenvalue weighted by Gasteiger charge is 2.40. The second kappa shape index (κ2) is 9.26. The average Bonchev–Trinajstić information content (AvgIpc) is 3.20. The molecule has 2 aromatic carbocycles. The monoisotopic (exact) mass is 474 g/mol. The first-order valence-corrected chi connectivity index (χ1v) is 12.0. The van der Waals surface area contributed by atoms with Gasteiger partial charge in [0.1, 0.15) is 18.0 Å². The largest absolute Gasteiger partial charge is 0.369 e. The number of nitrogens with zero attached hydrogens (tertiary/aromatic N) is 4. The molecule has 2 aliphatic heterocycles. The van der Waals surface area contributed by atoms with E-state index in [1.54, 1.807) is 19.1 Å². The molecule has 3 aromatic rings. The number of piperidine rings is 1. The topological polar surface area (TPSA) is 73.4 Å². The Morgan fingerprint density at radius 3 is 2.77 bits per heavy atom. The zero-order valence-corrected chi connectivity index (χ0v) is 20.3. The van der Waals surface area contributed by atoms with Crippen molar-refractivity contribution in [1.29, 1.82) is 0 Å². The number of halogens is 1. The fourth-order valence-corrected chi connectivity index (χ4v) is 5.50. The molecule has 0 aliphatic carbocycles. The van der Waals surface area contributed by atoms with Gasteiger partial charge < -0.3 is 20.4 Å². The fourth-order valence-electron chi connectivity index (χ4n) is 5.50. The molecule has 2 aliphatic rings. The van der Waals surface area contributed by atoms with Crippen molar-refractivity contribution in [3.05, 3.63) is 60.7 Å². The molecular formula is C27H31FN6O. The molecular weight excluding hydrogens is 443 g/mol. The van der Waals surface area contributed by atoms with Crippen LogP contribution < -0.4 is 15.5 Å². The minimum Gasteiger partial charge on any atom is -0.369 e. The van der Waals surface area contributed by atoms with E-state index in [4.69, 9.17) is 0 Å². The summed E-state index contributed by atoms with van der Waals surface area (Å²) in [6.45, 7) is 9.44. The normalized spacial score (nSPS) is 20.4. The Labute approximate surface area is 205 Å². The van der Waals surface area contributed by atoms with Gasteiger partial charge in [-0.3, -0.25) is 4.79 Å². The van der Waals surface area contributed by atoms with Crippen LogP contribution in [-0.2, 0) is 4.79 Å². The van der Waals surface area contributed by atoms with Gasteiger partial charge in [-0.2, -0.15) is 0 Å². The number of rotatable bonds is 5. The summed E-state index contributed by atoms with van der Waals surface area (Å²) < 4.78 is 13.7. The number of aromatic nitrogens is 2. The lowest BCUT2D eigenvalue weighted by Crippen LogP contribution is -2.45. The number of benzene rings is 2. The molecule has 0 bridgehead atoms. The van der Waals surface area contributed by atoms with Crippen LogP contribution in [-0.4, -0.2) is 54.0 Å². The summed E-state index contributed by atoms with van der Waals surface area (Å²) in [7, 11) is 2.19. The average molecular weight is 475 g/mol. The van der Waals surface area contributed by atoms with Crippen molar-refractivity contribution >= 4 is 39.7 Å². The van der Waals surface area contributed by atoms with Crippen LogP contribution in [0.5, 0.6) is 0 Å². The quantitative estimate of drug-likeness (QED) is 0.514. The molecule has 1 spiro atoms. The van der Waals surface area contributed by atoms with Crippen LogP contribution in [0.15, 0.2) is 49.3 Å². The Morgan fingerprint density at radius 1 is 1.17 bits per heavy atom. The molecule has 7 nitrogen and oxygen atoms in total. The van der Waals surface area contributed by atoms with E-state index in [1.165, 1.54) is 31.3 Å². The number of aryl methyl sites for hydroxylation is 1. The molecule has 3 heterocycles. The third-order valence-corrected chi connectivity index (χ3v) is 7.25. The van der Waals surface area contributed by atoms with Crippen molar-refractivity contribution < 1.29 is 9.18 Å². The Balaban J connectivity index is 1.55. The minimum atomic E-state index is -0.265. The van der Waals surface area contributed by atoms with E-state index < -0.39 is 0 Å². The maximum Gasteiger partial charge on any atom is 0.247 e. The lowest BCUT2D eigenvalue weighted by molar-refractivity contribution is -0.111. The first-order chi connectivity index (χ1) is 16.9. The molecule has 2 fully saturated rings. The number of anilines is 4. The van der Waals surface area contributed by atoms with E-state index in [0.717, 1.165) is 54.9 Å². The van der Waals surface area contributed by atoms with Crippen molar-refractivity contribution in [2.24, 2.45) is 5.41 Å². The molecule has 1 atom stereocenters. The van der Waals surface area contributed by atoms with Gasteiger partial charge in [0.2, 0.25) is 5.91 Å². The summed E-state index contributed by atoms with van der Waals surface area (Å²) in [5, 5.41) is 7.05. The van der Waals surface area contributed by atoms with Crippen LogP contribution in [0.25, 0.3) is 10.9 Å². The van der Waals surface area contributed by atoms with Crippen LogP contribution in [0.1, 0.15) is 24.8 Å². The van der Waals surface area contributed by atoms with Crippen LogP contribution in [0.2, 0.25) is 0 Å². The van der Waals surface area contributed by atoms with Gasteiger partial charge in [-0.1, -0.05) is 6.58 Å². The number of carbonyl (C=O) groups excluding carboxylic acids is 1. The molecule has 5 rings (SSSR count). The van der Waals surface area contributed by atoms with E-state index in [0.29, 0.717) is 17.1 Å². The molecule has 2 N–H and O–H groups in total. The number of nitrogens with one attached hydrogen (secondary N) is 2. The molecule has 35 heavy (non-hydrogen) atoms. The number of fused-ring (bicyclic) bond motifs is 1. The van der Waals surface area contributed by atoms with Crippen LogP contribution >= 0.6 is 0 Å². The number of carbonyl (C=O) groups is 1. The van der Waals surface area contributed by atoms with E-state index >= 15 is 0 Å².